The maximum Gasteiger partial charge on any atom is 0.350 e. The van der Waals surface area contributed by atoms with E-state index in [1.807, 2.05) is 0 Å². The van der Waals surface area contributed by atoms with Crippen LogP contribution in [0.5, 0.6) is 0 Å². The summed E-state index contributed by atoms with van der Waals surface area (Å²) in [6.07, 6.45) is 0.511. The summed E-state index contributed by atoms with van der Waals surface area (Å²) >= 11 is 0. The predicted octanol–water partition coefficient (Wildman–Crippen LogP) is 0.242. The smallest absolute Gasteiger partial charge is 0.350 e. The van der Waals surface area contributed by atoms with Gasteiger partial charge in [0.1, 0.15) is 0 Å². The Balaban J connectivity index is 2.89. The van der Waals surface area contributed by atoms with Gasteiger partial charge in [0.25, 0.3) is 10.0 Å². The number of hydrogen-bond donors (Lipinski definition) is 1. The van der Waals surface area contributed by atoms with E-state index in [9.17, 15) is 17.2 Å². The predicted molar refractivity (Wildman–Crippen MR) is 46.3 cm³/mol. The second-order valence-electron chi connectivity index (χ2n) is 3.43. The molecule has 0 aromatic heterocycles. The summed E-state index contributed by atoms with van der Waals surface area (Å²) in [6.45, 7) is 1.40. The fraction of sp³-hybridized carbons (Fsp3) is 1.00. The number of nitrogens with zero attached hydrogens (tertiary/aromatic N) is 1. The van der Waals surface area contributed by atoms with Gasteiger partial charge in [0.05, 0.1) is 12.6 Å². The lowest BCUT2D eigenvalue weighted by molar-refractivity contribution is 0.173. The number of sulfonamides is 1. The van der Waals surface area contributed by atoms with E-state index < -0.39 is 28.4 Å². The van der Waals surface area contributed by atoms with E-state index in [0.29, 0.717) is 10.7 Å². The molecular weight excluding hydrogens is 216 g/mol. The third-order valence-corrected chi connectivity index (χ3v) is 4.13. The van der Waals surface area contributed by atoms with Crippen molar-refractivity contribution in [1.29, 1.82) is 0 Å². The van der Waals surface area contributed by atoms with Crippen LogP contribution < -0.4 is 0 Å². The summed E-state index contributed by atoms with van der Waals surface area (Å²) in [7, 11) is -4.53. The van der Waals surface area contributed by atoms with Gasteiger partial charge in [-0.1, -0.05) is 6.92 Å². The first kappa shape index (κ1) is 11.8. The first-order valence-corrected chi connectivity index (χ1v) is 5.81. The molecule has 1 aliphatic heterocycles. The van der Waals surface area contributed by atoms with Gasteiger partial charge in [-0.3, -0.25) is 0 Å². The fourth-order valence-corrected chi connectivity index (χ4v) is 2.88. The second-order valence-corrected chi connectivity index (χ2v) is 5.29. The molecule has 1 saturated heterocycles. The number of aliphatic hydroxyl groups is 1. The highest BCUT2D eigenvalue weighted by molar-refractivity contribution is 7.89. The summed E-state index contributed by atoms with van der Waals surface area (Å²) in [6, 6.07) is -0.700. The molecule has 2 unspecified atom stereocenters. The molecule has 0 aromatic carbocycles. The van der Waals surface area contributed by atoms with Crippen molar-refractivity contribution in [2.75, 3.05) is 13.2 Å². The van der Waals surface area contributed by atoms with Gasteiger partial charge in [-0.05, 0) is 12.3 Å². The van der Waals surface area contributed by atoms with Crippen molar-refractivity contribution in [2.24, 2.45) is 5.92 Å². The quantitative estimate of drug-likeness (QED) is 0.754. The van der Waals surface area contributed by atoms with Crippen LogP contribution in [0.2, 0.25) is 0 Å². The Kier molecular flexibility index (Phi) is 3.44. The SMILES string of the molecule is CC1CCN(S(=O)(=O)C(F)F)C1CO. The second kappa shape index (κ2) is 4.08. The number of alkyl halides is 2. The number of aliphatic hydroxyl groups excluding tert-OH is 1. The lowest BCUT2D eigenvalue weighted by atomic mass is 10.0. The fourth-order valence-electron chi connectivity index (χ4n) is 1.66. The van der Waals surface area contributed by atoms with Crippen molar-refractivity contribution in [3.05, 3.63) is 0 Å². The van der Waals surface area contributed by atoms with Gasteiger partial charge in [0.15, 0.2) is 0 Å². The van der Waals surface area contributed by atoms with Crippen molar-refractivity contribution in [2.45, 2.75) is 25.1 Å². The molecular formula is C7H13F2NO3S. The zero-order chi connectivity index (χ0) is 10.9. The van der Waals surface area contributed by atoms with Crippen LogP contribution >= 0.6 is 0 Å². The van der Waals surface area contributed by atoms with E-state index in [-0.39, 0.29) is 12.5 Å². The van der Waals surface area contributed by atoms with Crippen LogP contribution in [-0.4, -0.2) is 42.8 Å². The molecule has 1 heterocycles. The summed E-state index contributed by atoms with van der Waals surface area (Å²) in [5, 5.41) is 8.90. The summed E-state index contributed by atoms with van der Waals surface area (Å²) in [5.74, 6) is -3.48. The Morgan fingerprint density at radius 1 is 1.57 bits per heavy atom. The van der Waals surface area contributed by atoms with E-state index >= 15 is 0 Å². The molecule has 1 N–H and O–H groups in total. The van der Waals surface area contributed by atoms with E-state index in [0.717, 1.165) is 0 Å². The first-order valence-electron chi connectivity index (χ1n) is 4.31. The molecule has 4 nitrogen and oxygen atoms in total. The van der Waals surface area contributed by atoms with E-state index in [2.05, 4.69) is 0 Å². The molecule has 84 valence electrons. The van der Waals surface area contributed by atoms with Crippen molar-refractivity contribution >= 4 is 10.0 Å². The van der Waals surface area contributed by atoms with Gasteiger partial charge in [-0.25, -0.2) is 8.42 Å². The van der Waals surface area contributed by atoms with Crippen molar-refractivity contribution in [1.82, 2.24) is 4.31 Å². The summed E-state index contributed by atoms with van der Waals surface area (Å²) in [4.78, 5) is 0. The lowest BCUT2D eigenvalue weighted by Crippen LogP contribution is -2.42. The molecule has 0 aliphatic carbocycles. The van der Waals surface area contributed by atoms with Crippen LogP contribution in [0.3, 0.4) is 0 Å². The minimum Gasteiger partial charge on any atom is -0.395 e. The van der Waals surface area contributed by atoms with Gasteiger partial charge in [0.2, 0.25) is 0 Å². The summed E-state index contributed by atoms with van der Waals surface area (Å²) in [5.41, 5.74) is 0. The van der Waals surface area contributed by atoms with Gasteiger partial charge in [-0.15, -0.1) is 0 Å². The lowest BCUT2D eigenvalue weighted by Gasteiger charge is -2.23. The molecule has 0 bridgehead atoms. The van der Waals surface area contributed by atoms with E-state index in [1.54, 1.807) is 6.92 Å². The number of rotatable bonds is 3. The Morgan fingerprint density at radius 3 is 2.57 bits per heavy atom. The highest BCUT2D eigenvalue weighted by atomic mass is 32.2. The van der Waals surface area contributed by atoms with Crippen LogP contribution in [0.15, 0.2) is 0 Å². The van der Waals surface area contributed by atoms with Crippen molar-refractivity contribution in [3.8, 4) is 0 Å². The monoisotopic (exact) mass is 229 g/mol. The van der Waals surface area contributed by atoms with E-state index in [1.165, 1.54) is 0 Å². The first-order chi connectivity index (χ1) is 6.41. The molecule has 7 heteroatoms. The van der Waals surface area contributed by atoms with Gasteiger partial charge < -0.3 is 5.11 Å². The molecule has 1 aliphatic rings. The zero-order valence-electron chi connectivity index (χ0n) is 7.73. The van der Waals surface area contributed by atoms with Crippen LogP contribution in [0.1, 0.15) is 13.3 Å². The molecule has 1 rings (SSSR count). The van der Waals surface area contributed by atoms with Gasteiger partial charge >= 0.3 is 5.76 Å². The van der Waals surface area contributed by atoms with Crippen LogP contribution in [0, 0.1) is 5.92 Å². The average Bonchev–Trinajstić information content (AvgIpc) is 2.46. The highest BCUT2D eigenvalue weighted by Gasteiger charge is 2.42. The minimum absolute atomic E-state index is 0.0685. The Hall–Kier alpha value is -0.270. The maximum absolute atomic E-state index is 12.2. The molecule has 14 heavy (non-hydrogen) atoms. The molecule has 1 fully saturated rings. The molecule has 0 spiro atoms. The number of halogens is 2. The number of hydrogen-bond acceptors (Lipinski definition) is 3. The van der Waals surface area contributed by atoms with Crippen molar-refractivity contribution < 1.29 is 22.3 Å². The molecule has 0 aromatic rings. The van der Waals surface area contributed by atoms with Crippen molar-refractivity contribution in [3.63, 3.8) is 0 Å². The molecule has 0 saturated carbocycles. The molecule has 2 atom stereocenters. The van der Waals surface area contributed by atoms with Crippen LogP contribution in [0.4, 0.5) is 8.78 Å². The Morgan fingerprint density at radius 2 is 2.14 bits per heavy atom. The van der Waals surface area contributed by atoms with Gasteiger partial charge in [0, 0.05) is 6.54 Å². The largest absolute Gasteiger partial charge is 0.395 e. The normalized spacial score (nSPS) is 30.1. The van der Waals surface area contributed by atoms with E-state index in [4.69, 9.17) is 5.11 Å². The minimum atomic E-state index is -4.53. The average molecular weight is 229 g/mol. The summed E-state index contributed by atoms with van der Waals surface area (Å²) < 4.78 is 47.3. The highest BCUT2D eigenvalue weighted by Crippen LogP contribution is 2.28. The third kappa shape index (κ3) is 1.89. The zero-order valence-corrected chi connectivity index (χ0v) is 8.54. The Bertz CT molecular complexity index is 293. The maximum atomic E-state index is 12.2. The van der Waals surface area contributed by atoms with Crippen LogP contribution in [0.25, 0.3) is 0 Å². The van der Waals surface area contributed by atoms with Gasteiger partial charge in [-0.2, -0.15) is 13.1 Å². The standard InChI is InChI=1S/C7H13F2NO3S/c1-5-2-3-10(6(5)4-11)14(12,13)7(8)9/h5-7,11H,2-4H2,1H3. The topological polar surface area (TPSA) is 57.6 Å². The third-order valence-electron chi connectivity index (χ3n) is 2.57. The van der Waals surface area contributed by atoms with Crippen LogP contribution in [-0.2, 0) is 10.0 Å². The Labute approximate surface area is 81.6 Å². The molecule has 0 radical (unpaired) electrons. The molecule has 0 amide bonds.